The van der Waals surface area contributed by atoms with Gasteiger partial charge in [0.15, 0.2) is 11.5 Å². The highest BCUT2D eigenvalue weighted by Gasteiger charge is 2.08. The number of hydrazone groups is 1. The van der Waals surface area contributed by atoms with Crippen molar-refractivity contribution in [1.29, 1.82) is 0 Å². The first kappa shape index (κ1) is 17.9. The van der Waals surface area contributed by atoms with Crippen molar-refractivity contribution in [3.8, 4) is 11.5 Å². The molecular weight excluding hydrogens is 329 g/mol. The largest absolute Gasteiger partial charge is 0.504 e. The third-order valence-corrected chi connectivity index (χ3v) is 3.10. The lowest BCUT2D eigenvalue weighted by Crippen LogP contribution is -2.34. The van der Waals surface area contributed by atoms with Crippen LogP contribution in [-0.2, 0) is 4.79 Å². The second kappa shape index (κ2) is 8.44. The van der Waals surface area contributed by atoms with Crippen molar-refractivity contribution in [2.75, 3.05) is 13.7 Å². The van der Waals surface area contributed by atoms with Gasteiger partial charge in [-0.1, -0.05) is 6.07 Å². The third kappa shape index (κ3) is 5.31. The van der Waals surface area contributed by atoms with Gasteiger partial charge in [-0.3, -0.25) is 9.59 Å². The molecule has 3 N–H and O–H groups in total. The molecule has 0 radical (unpaired) electrons. The summed E-state index contributed by atoms with van der Waals surface area (Å²) < 4.78 is 18.0. The van der Waals surface area contributed by atoms with E-state index in [2.05, 4.69) is 15.8 Å². The summed E-state index contributed by atoms with van der Waals surface area (Å²) in [6.07, 6.45) is 1.36. The van der Waals surface area contributed by atoms with Crippen molar-refractivity contribution < 1.29 is 23.8 Å². The number of hydrogen-bond acceptors (Lipinski definition) is 5. The Bertz CT molecular complexity index is 808. The number of methoxy groups -OCH3 is 1. The lowest BCUT2D eigenvalue weighted by atomic mass is 10.2. The van der Waals surface area contributed by atoms with E-state index < -0.39 is 17.6 Å². The molecule has 0 heterocycles. The van der Waals surface area contributed by atoms with E-state index >= 15 is 0 Å². The molecule has 130 valence electrons. The van der Waals surface area contributed by atoms with Crippen LogP contribution < -0.4 is 15.5 Å². The molecule has 2 aromatic rings. The average Bonchev–Trinajstić information content (AvgIpc) is 2.61. The molecule has 8 heteroatoms. The number of benzene rings is 2. The number of amides is 2. The maximum Gasteiger partial charge on any atom is 0.259 e. The van der Waals surface area contributed by atoms with Gasteiger partial charge in [0.05, 0.1) is 19.9 Å². The van der Waals surface area contributed by atoms with E-state index in [9.17, 15) is 19.1 Å². The number of aromatic hydroxyl groups is 1. The Morgan fingerprint density at radius 1 is 1.28 bits per heavy atom. The molecule has 2 amide bonds. The lowest BCUT2D eigenvalue weighted by Gasteiger charge is -2.05. The normalized spacial score (nSPS) is 10.5. The van der Waals surface area contributed by atoms with E-state index in [1.54, 1.807) is 6.07 Å². The zero-order chi connectivity index (χ0) is 18.2. The van der Waals surface area contributed by atoms with Gasteiger partial charge in [-0.05, 0) is 42.0 Å². The topological polar surface area (TPSA) is 100 Å². The zero-order valence-corrected chi connectivity index (χ0v) is 13.3. The van der Waals surface area contributed by atoms with Gasteiger partial charge < -0.3 is 15.2 Å². The summed E-state index contributed by atoms with van der Waals surface area (Å²) in [5.74, 6) is -1.39. The number of carbonyl (C=O) groups is 2. The molecule has 0 fully saturated rings. The van der Waals surface area contributed by atoms with Crippen molar-refractivity contribution in [3.63, 3.8) is 0 Å². The molecule has 25 heavy (non-hydrogen) atoms. The number of carbonyl (C=O) groups excluding carboxylic acids is 2. The van der Waals surface area contributed by atoms with Crippen LogP contribution in [0.25, 0.3) is 0 Å². The maximum absolute atomic E-state index is 13.0. The molecule has 0 unspecified atom stereocenters. The van der Waals surface area contributed by atoms with E-state index in [1.807, 2.05) is 0 Å². The second-order valence-electron chi connectivity index (χ2n) is 4.92. The molecule has 0 saturated heterocycles. The number of ether oxygens (including phenoxy) is 1. The summed E-state index contributed by atoms with van der Waals surface area (Å²) in [7, 11) is 1.42. The minimum Gasteiger partial charge on any atom is -0.504 e. The van der Waals surface area contributed by atoms with Gasteiger partial charge in [0.25, 0.3) is 11.8 Å². The minimum absolute atomic E-state index is 0.0104. The summed E-state index contributed by atoms with van der Waals surface area (Å²) >= 11 is 0. The number of halogens is 1. The summed E-state index contributed by atoms with van der Waals surface area (Å²) in [4.78, 5) is 23.4. The molecule has 2 aromatic carbocycles. The Kier molecular flexibility index (Phi) is 6.05. The van der Waals surface area contributed by atoms with Gasteiger partial charge in [-0.15, -0.1) is 0 Å². The predicted octanol–water partition coefficient (Wildman–Crippen LogP) is 1.42. The Balaban J connectivity index is 1.83. The van der Waals surface area contributed by atoms with Crippen molar-refractivity contribution >= 4 is 18.0 Å². The highest BCUT2D eigenvalue weighted by Crippen LogP contribution is 2.25. The van der Waals surface area contributed by atoms with Gasteiger partial charge in [0.1, 0.15) is 5.82 Å². The van der Waals surface area contributed by atoms with Gasteiger partial charge in [-0.2, -0.15) is 5.10 Å². The van der Waals surface area contributed by atoms with E-state index in [0.717, 1.165) is 6.07 Å². The Hall–Kier alpha value is -3.42. The number of phenols is 1. The fourth-order valence-electron chi connectivity index (χ4n) is 1.89. The van der Waals surface area contributed by atoms with Gasteiger partial charge in [-0.25, -0.2) is 9.82 Å². The smallest absolute Gasteiger partial charge is 0.259 e. The lowest BCUT2D eigenvalue weighted by molar-refractivity contribution is -0.120. The molecule has 2 rings (SSSR count). The quantitative estimate of drug-likeness (QED) is 0.544. The van der Waals surface area contributed by atoms with Crippen LogP contribution in [0.1, 0.15) is 15.9 Å². The average molecular weight is 345 g/mol. The molecule has 0 atom stereocenters. The SMILES string of the molecule is COc1cc(C=NNC(=O)CNC(=O)c2cccc(F)c2)ccc1O. The van der Waals surface area contributed by atoms with Crippen LogP contribution in [0.5, 0.6) is 11.5 Å². The molecule has 7 nitrogen and oxygen atoms in total. The predicted molar refractivity (Wildman–Crippen MR) is 89.1 cm³/mol. The summed E-state index contributed by atoms with van der Waals surface area (Å²) in [6, 6.07) is 9.69. The first-order valence-electron chi connectivity index (χ1n) is 7.22. The van der Waals surface area contributed by atoms with Crippen molar-refractivity contribution in [3.05, 3.63) is 59.4 Å². The molecule has 0 aromatic heterocycles. The van der Waals surface area contributed by atoms with Crippen molar-refractivity contribution in [2.24, 2.45) is 5.10 Å². The van der Waals surface area contributed by atoms with Crippen LogP contribution in [0.2, 0.25) is 0 Å². The summed E-state index contributed by atoms with van der Waals surface area (Å²) in [5, 5.41) is 15.6. The number of nitrogens with zero attached hydrogens (tertiary/aromatic N) is 1. The maximum atomic E-state index is 13.0. The van der Waals surface area contributed by atoms with Crippen LogP contribution >= 0.6 is 0 Å². The standard InChI is InChI=1S/C17H16FN3O4/c1-25-15-7-11(5-6-14(15)22)9-20-21-16(23)10-19-17(24)12-3-2-4-13(18)8-12/h2-9,22H,10H2,1H3,(H,19,24)(H,21,23). The minimum atomic E-state index is -0.568. The Morgan fingerprint density at radius 2 is 2.08 bits per heavy atom. The third-order valence-electron chi connectivity index (χ3n) is 3.10. The first-order chi connectivity index (χ1) is 12.0. The molecule has 0 bridgehead atoms. The van der Waals surface area contributed by atoms with Gasteiger partial charge in [0.2, 0.25) is 0 Å². The van der Waals surface area contributed by atoms with E-state index in [0.29, 0.717) is 5.56 Å². The summed E-state index contributed by atoms with van der Waals surface area (Å²) in [5.41, 5.74) is 2.95. The molecule has 0 saturated carbocycles. The van der Waals surface area contributed by atoms with E-state index in [-0.39, 0.29) is 23.6 Å². The summed E-state index contributed by atoms with van der Waals surface area (Å²) in [6.45, 7) is -0.314. The molecule has 0 spiro atoms. The van der Waals surface area contributed by atoms with Crippen LogP contribution in [0.15, 0.2) is 47.6 Å². The second-order valence-corrected chi connectivity index (χ2v) is 4.92. The molecule has 0 aliphatic carbocycles. The number of rotatable bonds is 6. The van der Waals surface area contributed by atoms with Crippen LogP contribution in [-0.4, -0.2) is 36.8 Å². The highest BCUT2D eigenvalue weighted by molar-refractivity contribution is 5.96. The number of phenolic OH excluding ortho intramolecular Hbond substituents is 1. The van der Waals surface area contributed by atoms with E-state index in [1.165, 1.54) is 43.7 Å². The van der Waals surface area contributed by atoms with Crippen LogP contribution in [0.4, 0.5) is 4.39 Å². The highest BCUT2D eigenvalue weighted by atomic mass is 19.1. The fraction of sp³-hybridized carbons (Fsp3) is 0.118. The molecular formula is C17H16FN3O4. The van der Waals surface area contributed by atoms with Crippen molar-refractivity contribution in [2.45, 2.75) is 0 Å². The van der Waals surface area contributed by atoms with Gasteiger partial charge >= 0.3 is 0 Å². The molecule has 0 aliphatic heterocycles. The number of nitrogens with one attached hydrogen (secondary N) is 2. The zero-order valence-electron chi connectivity index (χ0n) is 13.3. The van der Waals surface area contributed by atoms with Crippen LogP contribution in [0.3, 0.4) is 0 Å². The fourth-order valence-corrected chi connectivity index (χ4v) is 1.89. The van der Waals surface area contributed by atoms with E-state index in [4.69, 9.17) is 4.74 Å². The monoisotopic (exact) mass is 345 g/mol. The first-order valence-corrected chi connectivity index (χ1v) is 7.22. The van der Waals surface area contributed by atoms with Crippen molar-refractivity contribution in [1.82, 2.24) is 10.7 Å². The van der Waals surface area contributed by atoms with Gasteiger partial charge in [0, 0.05) is 5.56 Å². The van der Waals surface area contributed by atoms with Crippen LogP contribution in [0, 0.1) is 5.82 Å². The number of hydrogen-bond donors (Lipinski definition) is 3. The molecule has 0 aliphatic rings. The Labute approximate surface area is 143 Å². The Morgan fingerprint density at radius 3 is 2.80 bits per heavy atom.